The van der Waals surface area contributed by atoms with Crippen molar-refractivity contribution in [2.75, 3.05) is 0 Å². The summed E-state index contributed by atoms with van der Waals surface area (Å²) in [5, 5.41) is 0. The lowest BCUT2D eigenvalue weighted by atomic mass is 9.86. The number of ketones is 2. The van der Waals surface area contributed by atoms with Crippen molar-refractivity contribution in [3.05, 3.63) is 81.9 Å². The summed E-state index contributed by atoms with van der Waals surface area (Å²) in [6.07, 6.45) is 0. The molecule has 0 saturated carbocycles. The number of carbonyl (C=O) groups is 2. The van der Waals surface area contributed by atoms with Gasteiger partial charge < -0.3 is 0 Å². The molecular weight excluding hydrogens is 320 g/mol. The number of hydrogen-bond acceptors (Lipinski definition) is 2. The molecule has 0 fully saturated rings. The maximum Gasteiger partial charge on any atom is 0.159 e. The zero-order chi connectivity index (χ0) is 19.4. The number of benzene rings is 2. The van der Waals surface area contributed by atoms with Gasteiger partial charge in [0.2, 0.25) is 0 Å². The molecule has 0 atom stereocenters. The molecule has 2 aromatic rings. The van der Waals surface area contributed by atoms with Crippen molar-refractivity contribution in [2.24, 2.45) is 0 Å². The third-order valence-corrected chi connectivity index (χ3v) is 4.41. The summed E-state index contributed by atoms with van der Waals surface area (Å²) < 4.78 is 0. The quantitative estimate of drug-likeness (QED) is 0.465. The van der Waals surface area contributed by atoms with Gasteiger partial charge in [0, 0.05) is 11.1 Å². The average Bonchev–Trinajstić information content (AvgIpc) is 2.59. The first-order chi connectivity index (χ1) is 12.2. The van der Waals surface area contributed by atoms with Crippen LogP contribution in [0.1, 0.15) is 73.4 Å². The molecule has 134 valence electrons. The Kier molecular flexibility index (Phi) is 6.10. The summed E-state index contributed by atoms with van der Waals surface area (Å²) in [5.74, 6) is 0.134. The number of carbonyl (C=O) groups excluding carboxylic acids is 2. The predicted octanol–water partition coefficient (Wildman–Crippen LogP) is 6.38. The van der Waals surface area contributed by atoms with Gasteiger partial charge in [-0.1, -0.05) is 59.7 Å². The number of allylic oxidation sites excluding steroid dienone is 4. The van der Waals surface area contributed by atoms with Crippen LogP contribution in [0.2, 0.25) is 0 Å². The van der Waals surface area contributed by atoms with E-state index in [-0.39, 0.29) is 11.6 Å². The van der Waals surface area contributed by atoms with Gasteiger partial charge in [-0.3, -0.25) is 9.59 Å². The Hall–Kier alpha value is -2.74. The van der Waals surface area contributed by atoms with Gasteiger partial charge in [0.15, 0.2) is 11.6 Å². The number of hydrogen-bond donors (Lipinski definition) is 0. The van der Waals surface area contributed by atoms with E-state index >= 15 is 0 Å². The zero-order valence-electron chi connectivity index (χ0n) is 16.4. The van der Waals surface area contributed by atoms with E-state index in [0.717, 1.165) is 22.3 Å². The Morgan fingerprint density at radius 3 is 0.885 bits per heavy atom. The molecule has 2 heteroatoms. The van der Waals surface area contributed by atoms with E-state index in [9.17, 15) is 9.59 Å². The molecule has 0 aliphatic heterocycles. The molecule has 0 saturated heterocycles. The fourth-order valence-corrected chi connectivity index (χ4v) is 3.11. The van der Waals surface area contributed by atoms with Crippen LogP contribution in [0, 0.1) is 0 Å². The molecule has 2 nitrogen and oxygen atoms in total. The fraction of sp³-hybridized carbons (Fsp3) is 0.250. The smallest absolute Gasteiger partial charge is 0.159 e. The Balaban J connectivity index is 2.59. The first kappa shape index (κ1) is 19.6. The minimum Gasteiger partial charge on any atom is -0.295 e. The number of Topliss-reactive ketones (excluding diaryl/α,β-unsaturated/α-hetero) is 2. The summed E-state index contributed by atoms with van der Waals surface area (Å²) in [5.41, 5.74) is 8.33. The van der Waals surface area contributed by atoms with Crippen molar-refractivity contribution in [1.29, 1.82) is 0 Å². The Morgan fingerprint density at radius 2 is 0.692 bits per heavy atom. The molecule has 0 amide bonds. The first-order valence-corrected chi connectivity index (χ1v) is 8.80. The van der Waals surface area contributed by atoms with Crippen LogP contribution in [0.4, 0.5) is 0 Å². The van der Waals surface area contributed by atoms with Gasteiger partial charge in [-0.15, -0.1) is 0 Å². The van der Waals surface area contributed by atoms with Crippen molar-refractivity contribution >= 4 is 22.7 Å². The monoisotopic (exact) mass is 346 g/mol. The normalized spacial score (nSPS) is 10.2. The molecular formula is C24H26O2. The molecule has 0 bridgehead atoms. The highest BCUT2D eigenvalue weighted by Gasteiger charge is 2.15. The summed E-state index contributed by atoms with van der Waals surface area (Å²) in [6, 6.07) is 15.5. The molecule has 26 heavy (non-hydrogen) atoms. The second kappa shape index (κ2) is 8.09. The SMILES string of the molecule is CC(=O)c1ccc(C(=C(C)C)C(=C(C)C)c2ccc(C(C)=O)cc2)cc1. The van der Waals surface area contributed by atoms with Gasteiger partial charge in [0.05, 0.1) is 0 Å². The van der Waals surface area contributed by atoms with E-state index in [0.29, 0.717) is 11.1 Å². The largest absolute Gasteiger partial charge is 0.295 e. The third-order valence-electron chi connectivity index (χ3n) is 4.41. The molecule has 0 N–H and O–H groups in total. The van der Waals surface area contributed by atoms with Gasteiger partial charge >= 0.3 is 0 Å². The van der Waals surface area contributed by atoms with Crippen molar-refractivity contribution in [2.45, 2.75) is 41.5 Å². The molecule has 0 aliphatic rings. The van der Waals surface area contributed by atoms with Gasteiger partial charge in [0.25, 0.3) is 0 Å². The molecule has 0 aliphatic carbocycles. The minimum absolute atomic E-state index is 0.0672. The molecule has 2 rings (SSSR count). The van der Waals surface area contributed by atoms with Crippen molar-refractivity contribution in [1.82, 2.24) is 0 Å². The van der Waals surface area contributed by atoms with Crippen LogP contribution in [0.5, 0.6) is 0 Å². The van der Waals surface area contributed by atoms with Crippen molar-refractivity contribution < 1.29 is 9.59 Å². The van der Waals surface area contributed by atoms with Crippen molar-refractivity contribution in [3.8, 4) is 0 Å². The summed E-state index contributed by atoms with van der Waals surface area (Å²) in [4.78, 5) is 23.1. The number of rotatable bonds is 5. The lowest BCUT2D eigenvalue weighted by molar-refractivity contribution is 0.100. The lowest BCUT2D eigenvalue weighted by Gasteiger charge is -2.18. The predicted molar refractivity (Wildman–Crippen MR) is 109 cm³/mol. The summed E-state index contributed by atoms with van der Waals surface area (Å²) in [7, 11) is 0. The van der Waals surface area contributed by atoms with Crippen molar-refractivity contribution in [3.63, 3.8) is 0 Å². The van der Waals surface area contributed by atoms with E-state index in [1.54, 1.807) is 13.8 Å². The second-order valence-electron chi connectivity index (χ2n) is 7.02. The highest BCUT2D eigenvalue weighted by Crippen LogP contribution is 2.36. The second-order valence-corrected chi connectivity index (χ2v) is 7.02. The molecule has 0 radical (unpaired) electrons. The molecule has 0 spiro atoms. The van der Waals surface area contributed by atoms with Gasteiger partial charge in [0.1, 0.15) is 0 Å². The maximum absolute atomic E-state index is 11.6. The highest BCUT2D eigenvalue weighted by molar-refractivity contribution is 6.07. The fourth-order valence-electron chi connectivity index (χ4n) is 3.11. The van der Waals surface area contributed by atoms with Gasteiger partial charge in [-0.2, -0.15) is 0 Å². The van der Waals surface area contributed by atoms with Crippen LogP contribution >= 0.6 is 0 Å². The van der Waals surface area contributed by atoms with Crippen LogP contribution in [-0.4, -0.2) is 11.6 Å². The third kappa shape index (κ3) is 4.26. The van der Waals surface area contributed by atoms with Gasteiger partial charge in [-0.25, -0.2) is 0 Å². The van der Waals surface area contributed by atoms with Crippen LogP contribution in [0.15, 0.2) is 59.7 Å². The molecule has 0 aromatic heterocycles. The Morgan fingerprint density at radius 1 is 0.462 bits per heavy atom. The van der Waals surface area contributed by atoms with E-state index < -0.39 is 0 Å². The maximum atomic E-state index is 11.6. The van der Waals surface area contributed by atoms with Crippen LogP contribution in [-0.2, 0) is 0 Å². The standard InChI is InChI=1S/C24H26O2/c1-15(2)23(21-11-7-19(8-12-21)17(5)25)24(16(3)4)22-13-9-20(10-14-22)18(6)26/h7-14H,1-6H3. The molecule has 2 aromatic carbocycles. The van der Waals surface area contributed by atoms with Crippen LogP contribution in [0.3, 0.4) is 0 Å². The molecule has 0 unspecified atom stereocenters. The van der Waals surface area contributed by atoms with E-state index in [1.165, 1.54) is 11.1 Å². The van der Waals surface area contributed by atoms with Crippen LogP contribution < -0.4 is 0 Å². The van der Waals surface area contributed by atoms with Gasteiger partial charge in [-0.05, 0) is 63.8 Å². The topological polar surface area (TPSA) is 34.1 Å². The highest BCUT2D eigenvalue weighted by atomic mass is 16.1. The summed E-state index contributed by atoms with van der Waals surface area (Å²) >= 11 is 0. The van der Waals surface area contributed by atoms with Crippen LogP contribution in [0.25, 0.3) is 11.1 Å². The molecule has 0 heterocycles. The zero-order valence-corrected chi connectivity index (χ0v) is 16.4. The average molecular weight is 346 g/mol. The Labute approximate surface area is 156 Å². The first-order valence-electron chi connectivity index (χ1n) is 8.80. The summed E-state index contributed by atoms with van der Waals surface area (Å²) in [6.45, 7) is 11.5. The minimum atomic E-state index is 0.0672. The van der Waals surface area contributed by atoms with E-state index in [4.69, 9.17) is 0 Å². The lowest BCUT2D eigenvalue weighted by Crippen LogP contribution is -1.98. The van der Waals surface area contributed by atoms with E-state index in [2.05, 4.69) is 27.7 Å². The van der Waals surface area contributed by atoms with E-state index in [1.807, 2.05) is 48.5 Å². The Bertz CT molecular complexity index is 807.